The second-order valence-electron chi connectivity index (χ2n) is 16.1. The number of rotatable bonds is 17. The number of amides is 2. The molecule has 3 aliphatic heterocycles. The third-order valence-electron chi connectivity index (χ3n) is 10.3. The van der Waals surface area contributed by atoms with Crippen molar-refractivity contribution in [3.05, 3.63) is 117 Å². The quantitative estimate of drug-likeness (QED) is 0.0499. The summed E-state index contributed by atoms with van der Waals surface area (Å²) in [5, 5.41) is 22.5. The van der Waals surface area contributed by atoms with E-state index in [1.54, 1.807) is 60.7 Å². The molecule has 7 rings (SSSR count). The van der Waals surface area contributed by atoms with Crippen molar-refractivity contribution in [1.82, 2.24) is 20.9 Å². The van der Waals surface area contributed by atoms with E-state index in [0.29, 0.717) is 52.0 Å². The van der Waals surface area contributed by atoms with E-state index in [9.17, 15) is 36.6 Å². The van der Waals surface area contributed by atoms with Crippen molar-refractivity contribution in [3.63, 3.8) is 0 Å². The highest BCUT2D eigenvalue weighted by atomic mass is 35.5. The number of carbonyl (C=O) groups is 3. The Morgan fingerprint density at radius 1 is 0.690 bits per heavy atom. The molecule has 3 heterocycles. The van der Waals surface area contributed by atoms with E-state index >= 15 is 0 Å². The van der Waals surface area contributed by atoms with Crippen LogP contribution in [0.2, 0.25) is 20.1 Å². The fourth-order valence-corrected chi connectivity index (χ4v) is 6.80. The number of ether oxygens (including phenoxy) is 5. The van der Waals surface area contributed by atoms with Crippen molar-refractivity contribution in [2.24, 2.45) is 11.7 Å². The van der Waals surface area contributed by atoms with Crippen LogP contribution in [0, 0.1) is 17.6 Å². The topological polar surface area (TPSA) is 198 Å². The van der Waals surface area contributed by atoms with Gasteiger partial charge in [0, 0.05) is 54.4 Å². The molecular weight excluding hydrogens is 1030 g/mol. The molecule has 0 saturated carbocycles. The van der Waals surface area contributed by atoms with Gasteiger partial charge in [0.2, 0.25) is 0 Å². The number of hydrazine groups is 2. The third kappa shape index (κ3) is 24.4. The smallest absolute Gasteiger partial charge is 0.490 e. The monoisotopic (exact) mass is 1080 g/mol. The molecule has 0 radical (unpaired) electrons. The van der Waals surface area contributed by atoms with Gasteiger partial charge in [-0.05, 0) is 117 Å². The summed E-state index contributed by atoms with van der Waals surface area (Å²) >= 11 is 22.7. The Bertz CT molecular complexity index is 2260. The molecule has 71 heavy (non-hydrogen) atoms. The maximum atomic E-state index is 13.4. The molecule has 4 aromatic rings. The van der Waals surface area contributed by atoms with Crippen LogP contribution >= 0.6 is 46.4 Å². The van der Waals surface area contributed by atoms with E-state index < -0.39 is 29.9 Å². The number of nitrogens with one attached hydrogen (secondary N) is 2. The summed E-state index contributed by atoms with van der Waals surface area (Å²) in [7, 11) is 0. The summed E-state index contributed by atoms with van der Waals surface area (Å²) in [6, 6.07) is 22.6. The highest BCUT2D eigenvalue weighted by Crippen LogP contribution is 2.25. The SMILES string of the molecule is Fc1cc(OCC2CO2)ccc1Cl.NC1CCN(NC(=O)COc2ccc(Cl)cc2)CC1.O=C(COc1ccc(Cl)cc1)NN1CCC(CCC(O)COc2ccc(Cl)c(F)c2)CC1.O=C(O)C(F)(F)F. The number of aliphatic hydroxyl groups is 1. The molecule has 3 aliphatic rings. The number of aliphatic hydroxyl groups excluding tert-OH is 1. The lowest BCUT2D eigenvalue weighted by Gasteiger charge is -2.32. The minimum atomic E-state index is -5.08. The zero-order valence-electron chi connectivity index (χ0n) is 38.0. The first-order valence-corrected chi connectivity index (χ1v) is 23.6. The molecule has 390 valence electrons. The first-order valence-electron chi connectivity index (χ1n) is 22.1. The van der Waals surface area contributed by atoms with E-state index in [-0.39, 0.29) is 53.8 Å². The summed E-state index contributed by atoms with van der Waals surface area (Å²) in [4.78, 5) is 32.7. The van der Waals surface area contributed by atoms with Gasteiger partial charge in [-0.25, -0.2) is 23.6 Å². The number of epoxide rings is 1. The third-order valence-corrected chi connectivity index (χ3v) is 11.4. The van der Waals surface area contributed by atoms with Crippen molar-refractivity contribution < 1.29 is 70.2 Å². The number of hydrogen-bond acceptors (Lipinski definition) is 12. The predicted octanol–water partition coefficient (Wildman–Crippen LogP) is 8.54. The van der Waals surface area contributed by atoms with Gasteiger partial charge in [-0.3, -0.25) is 20.4 Å². The summed E-state index contributed by atoms with van der Waals surface area (Å²) in [5.74, 6) is -1.62. The van der Waals surface area contributed by atoms with Gasteiger partial charge < -0.3 is 39.6 Å². The van der Waals surface area contributed by atoms with Crippen LogP contribution in [0.15, 0.2) is 84.9 Å². The Hall–Kier alpha value is -4.90. The molecule has 2 atom stereocenters. The van der Waals surface area contributed by atoms with Gasteiger partial charge in [-0.1, -0.05) is 46.4 Å². The molecule has 4 aromatic carbocycles. The molecule has 2 unspecified atom stereocenters. The van der Waals surface area contributed by atoms with Gasteiger partial charge in [0.05, 0.1) is 22.8 Å². The van der Waals surface area contributed by atoms with Crippen LogP contribution in [0.4, 0.5) is 22.0 Å². The normalized spacial score (nSPS) is 16.5. The van der Waals surface area contributed by atoms with E-state index in [4.69, 9.17) is 85.7 Å². The number of nitrogens with two attached hydrogens (primary N) is 1. The van der Waals surface area contributed by atoms with Crippen LogP contribution in [0.3, 0.4) is 0 Å². The molecule has 0 bridgehead atoms. The Morgan fingerprint density at radius 2 is 1.10 bits per heavy atom. The van der Waals surface area contributed by atoms with Crippen LogP contribution in [-0.4, -0.2) is 122 Å². The van der Waals surface area contributed by atoms with E-state index in [1.165, 1.54) is 24.3 Å². The fourth-order valence-electron chi connectivity index (χ4n) is 6.31. The highest BCUT2D eigenvalue weighted by molar-refractivity contribution is 6.31. The van der Waals surface area contributed by atoms with Gasteiger partial charge in [-0.2, -0.15) is 13.2 Å². The molecule has 0 spiro atoms. The molecule has 3 saturated heterocycles. The van der Waals surface area contributed by atoms with Gasteiger partial charge in [-0.15, -0.1) is 0 Å². The first-order chi connectivity index (χ1) is 33.7. The van der Waals surface area contributed by atoms with Gasteiger partial charge in [0.25, 0.3) is 11.8 Å². The molecule has 0 aromatic heterocycles. The standard InChI is InChI=1S/C23H27Cl2FN2O4.C13H18ClN3O2.C9H8ClFO2.C2HF3O2/c24-17-2-5-19(6-3-17)32-15-23(30)27-28-11-9-16(10-12-28)1-4-18(29)14-31-20-7-8-21(25)22(26)13-20;14-10-1-3-12(4-2-10)19-9-13(18)16-17-7-5-11(15)6-8-17;10-8-2-1-6(3-9(8)11)12-4-7-5-13-7;3-2(4,5)1(6)7/h2-3,5-8,13,16,18,29H,1,4,9-12,14-15H2,(H,27,30);1-4,11H,5-9,15H2,(H,16,18);1-3,7H,4-5H2;(H,6,7). The molecule has 0 aliphatic carbocycles. The van der Waals surface area contributed by atoms with Crippen molar-refractivity contribution in [3.8, 4) is 23.0 Å². The average molecular weight is 1090 g/mol. The molecule has 6 N–H and O–H groups in total. The van der Waals surface area contributed by atoms with Crippen LogP contribution in [0.1, 0.15) is 38.5 Å². The van der Waals surface area contributed by atoms with E-state index in [2.05, 4.69) is 10.9 Å². The van der Waals surface area contributed by atoms with E-state index in [0.717, 1.165) is 64.9 Å². The number of hydrogen-bond donors (Lipinski definition) is 5. The number of alkyl halides is 3. The average Bonchev–Trinajstić information content (AvgIpc) is 4.18. The van der Waals surface area contributed by atoms with Crippen LogP contribution in [-0.2, 0) is 19.1 Å². The zero-order valence-corrected chi connectivity index (χ0v) is 41.1. The van der Waals surface area contributed by atoms with Gasteiger partial charge in [0.1, 0.15) is 54.0 Å². The Balaban J connectivity index is 0.000000236. The van der Waals surface area contributed by atoms with E-state index in [1.807, 2.05) is 10.0 Å². The van der Waals surface area contributed by atoms with Crippen molar-refractivity contribution in [2.75, 3.05) is 59.2 Å². The molecular formula is C47H54Cl4F5N5O10. The highest BCUT2D eigenvalue weighted by Gasteiger charge is 2.38. The van der Waals surface area contributed by atoms with Crippen molar-refractivity contribution in [2.45, 2.75) is 63.0 Å². The predicted molar refractivity (Wildman–Crippen MR) is 256 cm³/mol. The Kier molecular flexibility index (Phi) is 25.0. The van der Waals surface area contributed by atoms with Crippen LogP contribution < -0.4 is 35.5 Å². The Labute approximate surface area is 427 Å². The Morgan fingerprint density at radius 3 is 1.51 bits per heavy atom. The molecule has 3 fully saturated rings. The number of benzene rings is 4. The lowest BCUT2D eigenvalue weighted by molar-refractivity contribution is -0.192. The second kappa shape index (κ2) is 30.2. The molecule has 15 nitrogen and oxygen atoms in total. The number of halogens is 9. The summed E-state index contributed by atoms with van der Waals surface area (Å²) in [5.41, 5.74) is 11.5. The lowest BCUT2D eigenvalue weighted by Crippen LogP contribution is -2.50. The number of nitrogens with zero attached hydrogens (tertiary/aromatic N) is 2. The van der Waals surface area contributed by atoms with Gasteiger partial charge >= 0.3 is 12.1 Å². The maximum absolute atomic E-state index is 13.4. The molecule has 2 amide bonds. The fraction of sp³-hybridized carbons (Fsp3) is 0.426. The first kappa shape index (κ1) is 58.7. The number of carbonyl (C=O) groups excluding carboxylic acids is 2. The summed E-state index contributed by atoms with van der Waals surface area (Å²) < 4.78 is 84.5. The number of aliphatic carboxylic acids is 1. The molecule has 24 heteroatoms. The number of carboxylic acids is 1. The summed E-state index contributed by atoms with van der Waals surface area (Å²) in [6.07, 6.45) is -0.419. The summed E-state index contributed by atoms with van der Waals surface area (Å²) in [6.45, 7) is 4.29. The van der Waals surface area contributed by atoms with Crippen molar-refractivity contribution in [1.29, 1.82) is 0 Å². The minimum Gasteiger partial charge on any atom is -0.491 e. The largest absolute Gasteiger partial charge is 0.491 e. The maximum Gasteiger partial charge on any atom is 0.490 e. The lowest BCUT2D eigenvalue weighted by atomic mass is 9.92. The van der Waals surface area contributed by atoms with Gasteiger partial charge in [0.15, 0.2) is 13.2 Å². The second-order valence-corrected chi connectivity index (χ2v) is 17.8. The van der Waals surface area contributed by atoms with Crippen LogP contribution in [0.25, 0.3) is 0 Å². The minimum absolute atomic E-state index is 0.00974. The zero-order chi connectivity index (χ0) is 51.9. The number of piperidine rings is 2. The number of carboxylic acid groups (broad SMARTS) is 1. The van der Waals surface area contributed by atoms with Crippen molar-refractivity contribution >= 4 is 64.2 Å². The van der Waals surface area contributed by atoms with Crippen LogP contribution in [0.5, 0.6) is 23.0 Å².